The molecule has 0 unspecified atom stereocenters. The molecule has 0 N–H and O–H groups in total. The lowest BCUT2D eigenvalue weighted by molar-refractivity contribution is 0.517. The summed E-state index contributed by atoms with van der Waals surface area (Å²) in [5.74, 6) is 0. The Bertz CT molecular complexity index is 448. The fourth-order valence-corrected chi connectivity index (χ4v) is 4.86. The van der Waals surface area contributed by atoms with Gasteiger partial charge in [-0.1, -0.05) is 179 Å². The van der Waals surface area contributed by atoms with Crippen molar-refractivity contribution in [1.82, 2.24) is 0 Å². The topological polar surface area (TPSA) is 0 Å². The second kappa shape index (κ2) is 24.9. The van der Waals surface area contributed by atoms with Crippen LogP contribution in [0.3, 0.4) is 0 Å². The summed E-state index contributed by atoms with van der Waals surface area (Å²) in [6.07, 6.45) is 36.2. The molecule has 1 rings (SSSR count). The summed E-state index contributed by atoms with van der Waals surface area (Å²) in [7, 11) is 0. The number of unbranched alkanes of at least 4 members (excludes halogenated alkanes) is 23. The van der Waals surface area contributed by atoms with Crippen LogP contribution in [0.4, 0.5) is 0 Å². The van der Waals surface area contributed by atoms with Crippen molar-refractivity contribution >= 4 is 0 Å². The molecule has 185 valence electrons. The van der Waals surface area contributed by atoms with E-state index in [9.17, 15) is 0 Å². The van der Waals surface area contributed by atoms with E-state index >= 15 is 0 Å². The zero-order chi connectivity index (χ0) is 22.8. The minimum atomic E-state index is 1.21. The molecule has 0 saturated carbocycles. The van der Waals surface area contributed by atoms with E-state index in [0.29, 0.717) is 0 Å². The molecular weight excluding hydrogens is 384 g/mol. The second-order valence-corrected chi connectivity index (χ2v) is 10.3. The Morgan fingerprint density at radius 3 is 1.09 bits per heavy atom. The van der Waals surface area contributed by atoms with Crippen LogP contribution in [0.2, 0.25) is 0 Å². The van der Waals surface area contributed by atoms with Gasteiger partial charge < -0.3 is 0 Å². The molecule has 1 aromatic carbocycles. The Labute approximate surface area is 203 Å². The van der Waals surface area contributed by atoms with Crippen molar-refractivity contribution in [1.29, 1.82) is 0 Å². The van der Waals surface area contributed by atoms with Gasteiger partial charge in [0.15, 0.2) is 0 Å². The molecule has 0 bridgehead atoms. The van der Waals surface area contributed by atoms with Gasteiger partial charge in [0, 0.05) is 0 Å². The molecule has 0 heteroatoms. The molecule has 0 aromatic heterocycles. The molecule has 0 saturated heterocycles. The summed E-state index contributed by atoms with van der Waals surface area (Å²) in [4.78, 5) is 0. The average molecular weight is 442 g/mol. The van der Waals surface area contributed by atoms with Crippen molar-refractivity contribution in [2.75, 3.05) is 0 Å². The Balaban J connectivity index is 1.64. The first-order chi connectivity index (χ1) is 15.9. The summed E-state index contributed by atoms with van der Waals surface area (Å²) in [6, 6.07) is 11.8. The maximum absolute atomic E-state index is 3.33. The van der Waals surface area contributed by atoms with Gasteiger partial charge in [0.05, 0.1) is 0 Å². The molecule has 0 aliphatic rings. The van der Waals surface area contributed by atoms with E-state index in [-0.39, 0.29) is 0 Å². The summed E-state index contributed by atoms with van der Waals surface area (Å²) in [5, 5.41) is 0. The molecule has 0 aliphatic heterocycles. The van der Waals surface area contributed by atoms with Crippen molar-refractivity contribution in [3.8, 4) is 0 Å². The van der Waals surface area contributed by atoms with Crippen molar-refractivity contribution in [2.45, 2.75) is 167 Å². The Hall–Kier alpha value is -0.780. The molecule has 0 heterocycles. The molecule has 0 amide bonds. The van der Waals surface area contributed by atoms with Crippen LogP contribution in [0.5, 0.6) is 0 Å². The van der Waals surface area contributed by atoms with Crippen molar-refractivity contribution in [3.05, 3.63) is 35.9 Å². The number of hydrogen-bond donors (Lipinski definition) is 0. The van der Waals surface area contributed by atoms with Crippen molar-refractivity contribution in [2.24, 2.45) is 0 Å². The van der Waals surface area contributed by atoms with Crippen LogP contribution in [-0.2, 0) is 6.42 Å². The van der Waals surface area contributed by atoms with Gasteiger partial charge >= 0.3 is 0 Å². The van der Waals surface area contributed by atoms with Crippen LogP contribution < -0.4 is 0 Å². The van der Waals surface area contributed by atoms with E-state index in [1.54, 1.807) is 0 Å². The molecule has 32 heavy (non-hydrogen) atoms. The third-order valence-electron chi connectivity index (χ3n) is 7.07. The minimum absolute atomic E-state index is 1.21. The molecule has 1 aromatic rings. The van der Waals surface area contributed by atoms with E-state index in [0.717, 1.165) is 0 Å². The van der Waals surface area contributed by atoms with Gasteiger partial charge in [0.25, 0.3) is 0 Å². The summed E-state index contributed by atoms with van der Waals surface area (Å²) in [5.41, 5.74) is 1.38. The zero-order valence-electron chi connectivity index (χ0n) is 22.0. The Kier molecular flexibility index (Phi) is 22.7. The van der Waals surface area contributed by atoms with Crippen LogP contribution >= 0.6 is 0 Å². The van der Waals surface area contributed by atoms with Gasteiger partial charge in [-0.05, 0) is 24.5 Å². The Morgan fingerprint density at radius 2 is 0.781 bits per heavy atom. The summed E-state index contributed by atoms with van der Waals surface area (Å²) in [6.45, 7) is 2.30. The van der Waals surface area contributed by atoms with E-state index in [2.05, 4.69) is 31.2 Å². The van der Waals surface area contributed by atoms with Gasteiger partial charge in [-0.2, -0.15) is 0 Å². The highest BCUT2D eigenvalue weighted by Gasteiger charge is 1.97. The first-order valence-electron chi connectivity index (χ1n) is 14.9. The normalized spacial score (nSPS) is 11.3. The van der Waals surface area contributed by atoms with Gasteiger partial charge in [0.1, 0.15) is 0 Å². The highest BCUT2D eigenvalue weighted by Crippen LogP contribution is 2.16. The summed E-state index contributed by atoms with van der Waals surface area (Å²) < 4.78 is 0. The van der Waals surface area contributed by atoms with Crippen LogP contribution in [0.15, 0.2) is 24.3 Å². The first-order valence-corrected chi connectivity index (χ1v) is 14.9. The monoisotopic (exact) mass is 441 g/mol. The van der Waals surface area contributed by atoms with Crippen LogP contribution in [0, 0.1) is 6.07 Å². The molecular formula is C32H57. The third-order valence-corrected chi connectivity index (χ3v) is 7.07. The molecule has 0 atom stereocenters. The first kappa shape index (κ1) is 29.3. The van der Waals surface area contributed by atoms with E-state index in [1.165, 1.54) is 166 Å². The average Bonchev–Trinajstić information content (AvgIpc) is 2.82. The highest BCUT2D eigenvalue weighted by molar-refractivity contribution is 5.12. The molecule has 1 radical (unpaired) electrons. The van der Waals surface area contributed by atoms with Crippen LogP contribution in [0.1, 0.15) is 167 Å². The van der Waals surface area contributed by atoms with Crippen molar-refractivity contribution in [3.63, 3.8) is 0 Å². The van der Waals surface area contributed by atoms with Gasteiger partial charge in [-0.15, -0.1) is 0 Å². The smallest absolute Gasteiger partial charge is 0.0149 e. The summed E-state index contributed by atoms with van der Waals surface area (Å²) >= 11 is 0. The maximum atomic E-state index is 3.33. The zero-order valence-corrected chi connectivity index (χ0v) is 22.0. The number of aryl methyl sites for hydroxylation is 1. The predicted molar refractivity (Wildman–Crippen MR) is 145 cm³/mol. The lowest BCUT2D eigenvalue weighted by atomic mass is 10.0. The van der Waals surface area contributed by atoms with E-state index < -0.39 is 0 Å². The number of benzene rings is 1. The van der Waals surface area contributed by atoms with Gasteiger partial charge in [-0.3, -0.25) is 0 Å². The van der Waals surface area contributed by atoms with E-state index in [4.69, 9.17) is 0 Å². The SMILES string of the molecule is CCCCCCCCCCCCCCCCCCCCCCCCCCc1[c]cccc1. The molecule has 0 fully saturated rings. The predicted octanol–water partition coefficient (Wildman–Crippen LogP) is 11.4. The van der Waals surface area contributed by atoms with Crippen LogP contribution in [0.25, 0.3) is 0 Å². The number of hydrogen-bond acceptors (Lipinski definition) is 0. The third kappa shape index (κ3) is 21.1. The fourth-order valence-electron chi connectivity index (χ4n) is 4.86. The molecule has 0 aliphatic carbocycles. The fraction of sp³-hybridized carbons (Fsp3) is 0.812. The number of rotatable bonds is 25. The highest BCUT2D eigenvalue weighted by atomic mass is 14.0. The lowest BCUT2D eigenvalue weighted by Gasteiger charge is -2.04. The minimum Gasteiger partial charge on any atom is -0.0654 e. The van der Waals surface area contributed by atoms with Crippen molar-refractivity contribution < 1.29 is 0 Å². The maximum Gasteiger partial charge on any atom is -0.0149 e. The molecule has 0 nitrogen and oxygen atoms in total. The van der Waals surface area contributed by atoms with E-state index in [1.807, 2.05) is 6.07 Å². The second-order valence-electron chi connectivity index (χ2n) is 10.3. The standard InChI is InChI=1S/C32H57/c1-2-3-4-5-6-7-8-9-10-11-12-13-14-15-16-17-18-19-20-21-22-23-24-26-29-32-30-27-25-28-31-32/h25,27-28,30H,2-24,26,29H2,1H3. The lowest BCUT2D eigenvalue weighted by Crippen LogP contribution is -1.86. The molecule has 0 spiro atoms. The largest absolute Gasteiger partial charge is 0.0654 e. The Morgan fingerprint density at radius 1 is 0.438 bits per heavy atom. The van der Waals surface area contributed by atoms with Crippen LogP contribution in [-0.4, -0.2) is 0 Å². The van der Waals surface area contributed by atoms with Gasteiger partial charge in [0.2, 0.25) is 0 Å². The van der Waals surface area contributed by atoms with Gasteiger partial charge in [-0.25, -0.2) is 0 Å². The quantitative estimate of drug-likeness (QED) is 0.132.